The van der Waals surface area contributed by atoms with Gasteiger partial charge in [-0.25, -0.2) is 4.98 Å². The van der Waals surface area contributed by atoms with Gasteiger partial charge in [0, 0.05) is 28.8 Å². The number of carbonyl (C=O) groups is 2. The summed E-state index contributed by atoms with van der Waals surface area (Å²) in [6.07, 6.45) is -0.606. The van der Waals surface area contributed by atoms with E-state index in [2.05, 4.69) is 15.0 Å². The molecule has 0 aromatic carbocycles. The normalized spacial score (nSPS) is 20.1. The molecule has 0 spiro atoms. The third kappa shape index (κ3) is 9.21. The van der Waals surface area contributed by atoms with Crippen LogP contribution in [0.15, 0.2) is 11.1 Å². The summed E-state index contributed by atoms with van der Waals surface area (Å²) in [5, 5.41) is 10.8. The van der Waals surface area contributed by atoms with Gasteiger partial charge in [-0.1, -0.05) is 65.1 Å². The lowest BCUT2D eigenvalue weighted by molar-refractivity contribution is -0.118. The number of aliphatic hydroxyl groups is 1. The van der Waals surface area contributed by atoms with Crippen LogP contribution in [0.1, 0.15) is 54.2 Å². The van der Waals surface area contributed by atoms with Crippen LogP contribution >= 0.6 is 32.1 Å². The maximum atomic E-state index is 12.2. The molecule has 16 heteroatoms. The quantitative estimate of drug-likeness (QED) is 0.233. The molecule has 1 aliphatic rings. The number of rotatable bonds is 12. The molecule has 0 aliphatic carbocycles. The highest BCUT2D eigenvalue weighted by molar-refractivity contribution is 8.14. The van der Waals surface area contributed by atoms with Crippen LogP contribution in [0, 0.1) is 10.8 Å². The second-order valence-electron chi connectivity index (χ2n) is 11.2. The largest absolute Gasteiger partial charge is 0.390 e. The summed E-state index contributed by atoms with van der Waals surface area (Å²) in [6, 6.07) is 0. The number of nitrogen functional groups attached to an aromatic ring is 1. The fraction of sp³-hybridized carbons (Fsp3) is 0.708. The maximum absolute atomic E-state index is 12.2. The van der Waals surface area contributed by atoms with Gasteiger partial charge in [0.25, 0.3) is 5.56 Å². The van der Waals surface area contributed by atoms with E-state index in [1.165, 1.54) is 29.9 Å². The average Bonchev–Trinajstić information content (AvgIpc) is 3.43. The number of nitrogens with zero attached hydrogens (tertiary/aromatic N) is 3. The Balaban J connectivity index is 1.56. The van der Waals surface area contributed by atoms with E-state index in [1.54, 1.807) is 4.57 Å². The lowest BCUT2D eigenvalue weighted by atomic mass is 9.99. The molecule has 3 unspecified atom stereocenters. The summed E-state index contributed by atoms with van der Waals surface area (Å²) in [5.41, 5.74) is 4.66. The van der Waals surface area contributed by atoms with E-state index in [0.717, 1.165) is 0 Å². The van der Waals surface area contributed by atoms with Crippen molar-refractivity contribution in [3.05, 3.63) is 16.7 Å². The summed E-state index contributed by atoms with van der Waals surface area (Å²) in [5.74, 6) is 0.793. The number of nitrogens with two attached hydrogens (primary N) is 1. The van der Waals surface area contributed by atoms with Crippen LogP contribution < -0.4 is 11.3 Å². The number of ether oxygens (including phenoxy) is 1. The zero-order valence-electron chi connectivity index (χ0n) is 23.5. The Bertz CT molecular complexity index is 1190. The molecule has 0 saturated carbocycles. The number of H-pyrrole nitrogens is 1. The van der Waals surface area contributed by atoms with E-state index in [0.29, 0.717) is 11.5 Å². The highest BCUT2D eigenvalue weighted by Gasteiger charge is 2.37. The molecule has 0 bridgehead atoms. The number of aromatic nitrogens is 4. The number of aromatic amines is 1. The molecule has 4 N–H and O–H groups in total. The first-order valence-electron chi connectivity index (χ1n) is 12.8. The minimum Gasteiger partial charge on any atom is -0.390 e. The topological polar surface area (TPSA) is 181 Å². The highest BCUT2D eigenvalue weighted by atomic mass is 32.2. The van der Waals surface area contributed by atoms with Crippen LogP contribution in [-0.4, -0.2) is 78.4 Å². The van der Waals surface area contributed by atoms with Gasteiger partial charge in [-0.15, -0.1) is 0 Å². The molecule has 224 valence electrons. The second-order valence-corrected chi connectivity index (χ2v) is 14.5. The molecule has 13 nitrogen and oxygen atoms in total. The smallest absolute Gasteiger partial charge is 0.332 e. The number of carbonyl (C=O) groups excluding carboxylic acids is 2. The van der Waals surface area contributed by atoms with Gasteiger partial charge in [0.05, 0.1) is 32.3 Å². The van der Waals surface area contributed by atoms with E-state index in [4.69, 9.17) is 24.0 Å². The van der Waals surface area contributed by atoms with Crippen molar-refractivity contribution >= 4 is 59.5 Å². The van der Waals surface area contributed by atoms with Gasteiger partial charge in [0.2, 0.25) is 5.95 Å². The number of nitrogens with one attached hydrogen (secondary N) is 1. The van der Waals surface area contributed by atoms with Gasteiger partial charge in [-0.2, -0.15) is 4.98 Å². The molecule has 1 aliphatic heterocycles. The monoisotopic (exact) mass is 619 g/mol. The number of fused-ring (bicyclic) bond motifs is 1. The predicted molar refractivity (Wildman–Crippen MR) is 156 cm³/mol. The standard InChI is InChI=1S/C24H38N5O8PS2/c1-23(2,3)20(32)39-9-7-34-38(35-8-10-40-21(33)24(4,5)6)36-12-15-14(30)11-16(37-15)29-13-26-17-18(29)27-22(25)28-19(17)31/h13-16,30H,7-12H2,1-6H3,(H3,25,27,28,31). The van der Waals surface area contributed by atoms with Crippen molar-refractivity contribution in [3.8, 4) is 0 Å². The Morgan fingerprint density at radius 1 is 1.12 bits per heavy atom. The van der Waals surface area contributed by atoms with Gasteiger partial charge < -0.3 is 29.1 Å². The molecule has 3 heterocycles. The Morgan fingerprint density at radius 3 is 2.25 bits per heavy atom. The van der Waals surface area contributed by atoms with E-state index in [1.807, 2.05) is 41.5 Å². The summed E-state index contributed by atoms with van der Waals surface area (Å²) in [6.45, 7) is 11.5. The van der Waals surface area contributed by atoms with Crippen LogP contribution in [0.5, 0.6) is 0 Å². The van der Waals surface area contributed by atoms with Crippen LogP contribution in [0.3, 0.4) is 0 Å². The minimum absolute atomic E-state index is 0.0335. The van der Waals surface area contributed by atoms with Crippen molar-refractivity contribution in [2.75, 3.05) is 37.1 Å². The molecular weight excluding hydrogens is 581 g/mol. The first-order chi connectivity index (χ1) is 18.7. The molecule has 2 aromatic heterocycles. The number of hydrogen-bond acceptors (Lipinski definition) is 13. The predicted octanol–water partition coefficient (Wildman–Crippen LogP) is 3.24. The fourth-order valence-corrected chi connectivity index (χ4v) is 6.15. The number of anilines is 1. The van der Waals surface area contributed by atoms with E-state index in [-0.39, 0.29) is 53.6 Å². The molecule has 0 radical (unpaired) electrons. The van der Waals surface area contributed by atoms with E-state index >= 15 is 0 Å². The third-order valence-corrected chi connectivity index (χ3v) is 9.20. The average molecular weight is 620 g/mol. The van der Waals surface area contributed by atoms with Crippen molar-refractivity contribution in [3.63, 3.8) is 0 Å². The summed E-state index contributed by atoms with van der Waals surface area (Å²) >= 11 is 2.36. The minimum atomic E-state index is -1.84. The van der Waals surface area contributed by atoms with Gasteiger partial charge >= 0.3 is 8.60 Å². The molecule has 1 fully saturated rings. The van der Waals surface area contributed by atoms with Crippen LogP contribution in [0.4, 0.5) is 5.95 Å². The molecule has 2 aromatic rings. The van der Waals surface area contributed by atoms with Gasteiger partial charge in [-0.3, -0.25) is 23.9 Å². The van der Waals surface area contributed by atoms with Crippen molar-refractivity contribution in [2.45, 2.75) is 66.4 Å². The van der Waals surface area contributed by atoms with Crippen LogP contribution in [0.2, 0.25) is 0 Å². The zero-order valence-corrected chi connectivity index (χ0v) is 26.1. The summed E-state index contributed by atoms with van der Waals surface area (Å²) in [4.78, 5) is 47.1. The lowest BCUT2D eigenvalue weighted by Gasteiger charge is -2.21. The number of thioether (sulfide) groups is 2. The van der Waals surface area contributed by atoms with Gasteiger partial charge in [0.15, 0.2) is 21.4 Å². The molecular formula is C24H38N5O8PS2. The van der Waals surface area contributed by atoms with E-state index < -0.39 is 43.4 Å². The molecule has 3 rings (SSSR count). The SMILES string of the molecule is CC(C)(C)C(=O)SCCOP(OCCSC(=O)C(C)(C)C)OCC1OC(n2cnc3c(=O)[nH]c(N)nc32)CC1O. The summed E-state index contributed by atoms with van der Waals surface area (Å²) in [7, 11) is -1.84. The molecule has 3 atom stereocenters. The Labute approximate surface area is 242 Å². The van der Waals surface area contributed by atoms with Gasteiger partial charge in [-0.05, 0) is 0 Å². The van der Waals surface area contributed by atoms with Crippen molar-refractivity contribution in [1.29, 1.82) is 0 Å². The number of aliphatic hydroxyl groups excluding tert-OH is 1. The van der Waals surface area contributed by atoms with Crippen molar-refractivity contribution < 1.29 is 33.0 Å². The first-order valence-corrected chi connectivity index (χ1v) is 15.8. The van der Waals surface area contributed by atoms with Crippen molar-refractivity contribution in [1.82, 2.24) is 19.5 Å². The molecule has 0 amide bonds. The van der Waals surface area contributed by atoms with Crippen molar-refractivity contribution in [2.24, 2.45) is 10.8 Å². The second kappa shape index (κ2) is 14.1. The fourth-order valence-electron chi connectivity index (χ4n) is 3.36. The summed E-state index contributed by atoms with van der Waals surface area (Å²) < 4.78 is 25.0. The third-order valence-electron chi connectivity index (χ3n) is 5.56. The number of imidazole rings is 1. The number of hydrogen-bond donors (Lipinski definition) is 3. The Morgan fingerprint density at radius 2 is 1.70 bits per heavy atom. The first kappa shape index (κ1) is 32.9. The van der Waals surface area contributed by atoms with Crippen LogP contribution in [-0.2, 0) is 27.9 Å². The zero-order chi connectivity index (χ0) is 29.7. The lowest BCUT2D eigenvalue weighted by Crippen LogP contribution is -2.26. The Hall–Kier alpha value is -1.58. The molecule has 1 saturated heterocycles. The molecule has 40 heavy (non-hydrogen) atoms. The Kier molecular flexibility index (Phi) is 11.6. The van der Waals surface area contributed by atoms with Crippen LogP contribution in [0.25, 0.3) is 11.2 Å². The van der Waals surface area contributed by atoms with Gasteiger partial charge in [0.1, 0.15) is 12.3 Å². The maximum Gasteiger partial charge on any atom is 0.332 e. The highest BCUT2D eigenvalue weighted by Crippen LogP contribution is 2.42. The van der Waals surface area contributed by atoms with E-state index in [9.17, 15) is 19.5 Å².